The minimum atomic E-state index is -0.343. The second kappa shape index (κ2) is 15.2. The van der Waals surface area contributed by atoms with Crippen LogP contribution in [0.5, 0.6) is 0 Å². The Morgan fingerprint density at radius 1 is 0.735 bits per heavy atom. The van der Waals surface area contributed by atoms with Crippen LogP contribution in [0.25, 0.3) is 0 Å². The van der Waals surface area contributed by atoms with E-state index in [4.69, 9.17) is 20.9 Å². The molecule has 4 N–H and O–H groups in total. The van der Waals surface area contributed by atoms with Crippen molar-refractivity contribution < 1.29 is 9.47 Å². The average Bonchev–Trinajstić information content (AvgIpc) is 2.79. The zero-order valence-electron chi connectivity index (χ0n) is 21.9. The topological polar surface area (TPSA) is 70.5 Å². The largest absolute Gasteiger partial charge is 0.458 e. The van der Waals surface area contributed by atoms with E-state index >= 15 is 0 Å². The highest BCUT2D eigenvalue weighted by atomic mass is 16.5. The second-order valence-electron chi connectivity index (χ2n) is 8.04. The van der Waals surface area contributed by atoms with Gasteiger partial charge in [0.05, 0.1) is 0 Å². The van der Waals surface area contributed by atoms with Crippen molar-refractivity contribution >= 4 is 0 Å². The van der Waals surface area contributed by atoms with Crippen molar-refractivity contribution in [2.45, 2.75) is 48.5 Å². The van der Waals surface area contributed by atoms with Crippen LogP contribution >= 0.6 is 0 Å². The molecule has 0 aliphatic rings. The lowest BCUT2D eigenvalue weighted by molar-refractivity contribution is 0.335. The summed E-state index contributed by atoms with van der Waals surface area (Å²) in [6.07, 6.45) is 20.3. The number of nitrogens with two attached hydrogens (primary N) is 2. The van der Waals surface area contributed by atoms with E-state index in [1.165, 1.54) is 0 Å². The summed E-state index contributed by atoms with van der Waals surface area (Å²) >= 11 is 0. The molecule has 0 aliphatic heterocycles. The van der Waals surface area contributed by atoms with Gasteiger partial charge in [-0.2, -0.15) is 0 Å². The third kappa shape index (κ3) is 10.8. The summed E-state index contributed by atoms with van der Waals surface area (Å²) in [5.41, 5.74) is 14.5. The first-order valence-corrected chi connectivity index (χ1v) is 11.2. The SMILES string of the molecule is C=C/C(=C\C(N)=C/C)OC(/C=C\C(=C)C(C)(C)C(/C=C\C(=C)OC(/C=C(\C)N)=C/C)=C/C)=C/C. The minimum Gasteiger partial charge on any atom is -0.458 e. The molecule has 0 bridgehead atoms. The van der Waals surface area contributed by atoms with E-state index in [-0.39, 0.29) is 5.41 Å². The molecule has 4 nitrogen and oxygen atoms in total. The fourth-order valence-corrected chi connectivity index (χ4v) is 2.71. The molecule has 184 valence electrons. The van der Waals surface area contributed by atoms with Crippen LogP contribution in [-0.2, 0) is 9.47 Å². The molecule has 0 aromatic carbocycles. The zero-order chi connectivity index (χ0) is 26.3. The Morgan fingerprint density at radius 3 is 1.82 bits per heavy atom. The summed E-state index contributed by atoms with van der Waals surface area (Å²) in [5.74, 6) is 2.38. The van der Waals surface area contributed by atoms with E-state index in [0.29, 0.717) is 34.4 Å². The van der Waals surface area contributed by atoms with Crippen molar-refractivity contribution in [3.05, 3.63) is 132 Å². The molecule has 0 fully saturated rings. The maximum absolute atomic E-state index is 5.91. The van der Waals surface area contributed by atoms with E-state index in [2.05, 4.69) is 39.7 Å². The lowest BCUT2D eigenvalue weighted by Gasteiger charge is -2.27. The second-order valence-corrected chi connectivity index (χ2v) is 8.04. The first-order chi connectivity index (χ1) is 15.9. The number of ether oxygens (including phenoxy) is 2. The molecule has 34 heavy (non-hydrogen) atoms. The van der Waals surface area contributed by atoms with Crippen LogP contribution in [0.2, 0.25) is 0 Å². The molecule has 0 saturated carbocycles. The van der Waals surface area contributed by atoms with E-state index < -0.39 is 0 Å². The highest BCUT2D eigenvalue weighted by Crippen LogP contribution is 2.36. The van der Waals surface area contributed by atoms with Gasteiger partial charge in [0.2, 0.25) is 0 Å². The normalized spacial score (nSPS) is 15.1. The Balaban J connectivity index is 5.53. The number of allylic oxidation sites excluding steroid dienone is 14. The molecular formula is C30H42N2O2. The Bertz CT molecular complexity index is 987. The van der Waals surface area contributed by atoms with Gasteiger partial charge >= 0.3 is 0 Å². The quantitative estimate of drug-likeness (QED) is 0.216. The first kappa shape index (κ1) is 30.3. The fourth-order valence-electron chi connectivity index (χ4n) is 2.71. The minimum absolute atomic E-state index is 0.343. The maximum Gasteiger partial charge on any atom is 0.128 e. The van der Waals surface area contributed by atoms with Crippen LogP contribution < -0.4 is 11.5 Å². The summed E-state index contributed by atoms with van der Waals surface area (Å²) < 4.78 is 11.7. The van der Waals surface area contributed by atoms with E-state index in [0.717, 1.165) is 11.1 Å². The molecule has 0 aromatic heterocycles. The van der Waals surface area contributed by atoms with Crippen LogP contribution in [0.15, 0.2) is 132 Å². The highest BCUT2D eigenvalue weighted by molar-refractivity contribution is 5.41. The van der Waals surface area contributed by atoms with Crippen LogP contribution in [0, 0.1) is 5.41 Å². The van der Waals surface area contributed by atoms with E-state index in [9.17, 15) is 0 Å². The van der Waals surface area contributed by atoms with Gasteiger partial charge in [-0.25, -0.2) is 0 Å². The van der Waals surface area contributed by atoms with E-state index in [1.54, 1.807) is 31.2 Å². The summed E-state index contributed by atoms with van der Waals surface area (Å²) in [6, 6.07) is 0. The van der Waals surface area contributed by atoms with Crippen LogP contribution in [0.1, 0.15) is 48.5 Å². The van der Waals surface area contributed by atoms with Crippen LogP contribution in [0.4, 0.5) is 0 Å². The Labute approximate surface area is 207 Å². The van der Waals surface area contributed by atoms with Gasteiger partial charge in [0, 0.05) is 22.9 Å². The number of hydrogen-bond donors (Lipinski definition) is 2. The molecule has 0 spiro atoms. The Morgan fingerprint density at radius 2 is 1.35 bits per heavy atom. The standard InChI is InChI=1S/C30H42N2O2/c1-11-25(18-17-24(8)33-28(14-4)20-23(7)31)30(9,10)22(6)16-19-27(13-3)34-29(15-5)21-26(32)12-2/h11-21H,5-6,8,31-32H2,1-4,7,9-10H3/b18-17-,19-16-,23-20+,25-11+,26-12+,27-13+,28-14+,29-21+. The third-order valence-electron chi connectivity index (χ3n) is 5.00. The lowest BCUT2D eigenvalue weighted by atomic mass is 9.77. The smallest absolute Gasteiger partial charge is 0.128 e. The van der Waals surface area contributed by atoms with Gasteiger partial charge < -0.3 is 20.9 Å². The summed E-state index contributed by atoms with van der Waals surface area (Å²) in [7, 11) is 0. The molecular weight excluding hydrogens is 420 g/mol. The molecule has 0 amide bonds. The molecule has 0 radical (unpaired) electrons. The summed E-state index contributed by atoms with van der Waals surface area (Å²) in [6.45, 7) is 25.7. The zero-order valence-corrected chi connectivity index (χ0v) is 21.9. The van der Waals surface area contributed by atoms with Gasteiger partial charge in [0.15, 0.2) is 0 Å². The van der Waals surface area contributed by atoms with Crippen LogP contribution in [0.3, 0.4) is 0 Å². The van der Waals surface area contributed by atoms with Gasteiger partial charge in [-0.15, -0.1) is 0 Å². The predicted octanol–water partition coefficient (Wildman–Crippen LogP) is 7.78. The Hall–Kier alpha value is -3.66. The van der Waals surface area contributed by atoms with Crippen molar-refractivity contribution in [1.82, 2.24) is 0 Å². The average molecular weight is 463 g/mol. The molecule has 0 aromatic rings. The van der Waals surface area contributed by atoms with Crippen molar-refractivity contribution in [3.63, 3.8) is 0 Å². The van der Waals surface area contributed by atoms with Gasteiger partial charge in [-0.3, -0.25) is 0 Å². The summed E-state index contributed by atoms with van der Waals surface area (Å²) in [4.78, 5) is 0. The van der Waals surface area contributed by atoms with Crippen molar-refractivity contribution in [2.75, 3.05) is 0 Å². The van der Waals surface area contributed by atoms with Crippen LogP contribution in [-0.4, -0.2) is 0 Å². The van der Waals surface area contributed by atoms with Crippen molar-refractivity contribution in [2.24, 2.45) is 16.9 Å². The molecule has 0 unspecified atom stereocenters. The fraction of sp³-hybridized carbons (Fsp3) is 0.267. The van der Waals surface area contributed by atoms with E-state index in [1.807, 2.05) is 64.2 Å². The van der Waals surface area contributed by atoms with Gasteiger partial charge in [0.1, 0.15) is 23.0 Å². The van der Waals surface area contributed by atoms with Gasteiger partial charge in [-0.1, -0.05) is 57.9 Å². The third-order valence-corrected chi connectivity index (χ3v) is 5.00. The molecule has 0 rings (SSSR count). The molecule has 0 saturated heterocycles. The molecule has 0 heterocycles. The lowest BCUT2D eigenvalue weighted by Crippen LogP contribution is -2.15. The number of hydrogen-bond acceptors (Lipinski definition) is 4. The monoisotopic (exact) mass is 462 g/mol. The highest BCUT2D eigenvalue weighted by Gasteiger charge is 2.23. The Kier molecular flexibility index (Phi) is 13.6. The number of rotatable bonds is 13. The first-order valence-electron chi connectivity index (χ1n) is 11.2. The van der Waals surface area contributed by atoms with Crippen molar-refractivity contribution in [3.8, 4) is 0 Å². The predicted molar refractivity (Wildman–Crippen MR) is 148 cm³/mol. The maximum atomic E-state index is 5.91. The van der Waals surface area contributed by atoms with Crippen molar-refractivity contribution in [1.29, 1.82) is 0 Å². The molecule has 0 atom stereocenters. The van der Waals surface area contributed by atoms with Gasteiger partial charge in [-0.05, 0) is 82.2 Å². The summed E-state index contributed by atoms with van der Waals surface area (Å²) in [5, 5.41) is 0. The molecule has 0 aliphatic carbocycles. The molecule has 4 heteroatoms. The van der Waals surface area contributed by atoms with Gasteiger partial charge in [0.25, 0.3) is 0 Å².